The van der Waals surface area contributed by atoms with Crippen molar-refractivity contribution in [2.45, 2.75) is 19.8 Å². The Morgan fingerprint density at radius 3 is 2.53 bits per heavy atom. The predicted octanol–water partition coefficient (Wildman–Crippen LogP) is 1.97. The molecule has 1 aromatic heterocycles. The maximum atomic E-state index is 5.83. The van der Waals surface area contributed by atoms with E-state index >= 15 is 0 Å². The zero-order chi connectivity index (χ0) is 12.3. The minimum Gasteiger partial charge on any atom is -0.330 e. The number of hydrogen-bond donors (Lipinski definition) is 1. The summed E-state index contributed by atoms with van der Waals surface area (Å²) in [6.07, 6.45) is 1.75. The lowest BCUT2D eigenvalue weighted by molar-refractivity contribution is 0.477. The zero-order valence-corrected chi connectivity index (χ0v) is 10.2. The lowest BCUT2D eigenvalue weighted by Crippen LogP contribution is -2.21. The van der Waals surface area contributed by atoms with Gasteiger partial charge in [-0.3, -0.25) is 4.57 Å². The van der Waals surface area contributed by atoms with Crippen LogP contribution in [0.25, 0.3) is 5.69 Å². The Morgan fingerprint density at radius 1 is 1.24 bits per heavy atom. The molecule has 0 bridgehead atoms. The van der Waals surface area contributed by atoms with Crippen molar-refractivity contribution in [1.29, 1.82) is 0 Å². The van der Waals surface area contributed by atoms with Crippen LogP contribution in [-0.2, 0) is 0 Å². The van der Waals surface area contributed by atoms with Crippen LogP contribution in [0.1, 0.15) is 25.6 Å². The molecule has 17 heavy (non-hydrogen) atoms. The van der Waals surface area contributed by atoms with Crippen molar-refractivity contribution in [3.05, 3.63) is 42.5 Å². The Hall–Kier alpha value is -1.68. The molecule has 1 unspecified atom stereocenters. The molecule has 2 rings (SSSR count). The van der Waals surface area contributed by atoms with Gasteiger partial charge in [0.15, 0.2) is 0 Å². The molecule has 0 aliphatic carbocycles. The summed E-state index contributed by atoms with van der Waals surface area (Å²) in [4.78, 5) is 0. The molecular formula is C13H18N4. The van der Waals surface area contributed by atoms with Gasteiger partial charge in [0.05, 0.1) is 0 Å². The van der Waals surface area contributed by atoms with E-state index < -0.39 is 0 Å². The van der Waals surface area contributed by atoms with Crippen LogP contribution in [-0.4, -0.2) is 21.3 Å². The quantitative estimate of drug-likeness (QED) is 0.873. The summed E-state index contributed by atoms with van der Waals surface area (Å²) in [5, 5.41) is 8.23. The van der Waals surface area contributed by atoms with Crippen LogP contribution in [0.2, 0.25) is 0 Å². The molecule has 0 aliphatic rings. The zero-order valence-electron chi connectivity index (χ0n) is 10.2. The van der Waals surface area contributed by atoms with Crippen LogP contribution in [0, 0.1) is 5.92 Å². The van der Waals surface area contributed by atoms with Crippen LogP contribution in [0.4, 0.5) is 0 Å². The molecular weight excluding hydrogens is 212 g/mol. The number of para-hydroxylation sites is 1. The van der Waals surface area contributed by atoms with Crippen LogP contribution in [0.15, 0.2) is 36.7 Å². The summed E-state index contributed by atoms with van der Waals surface area (Å²) in [6.45, 7) is 4.90. The highest BCUT2D eigenvalue weighted by atomic mass is 15.3. The largest absolute Gasteiger partial charge is 0.330 e. The average Bonchev–Trinajstić information content (AvgIpc) is 2.80. The minimum atomic E-state index is 0.234. The first kappa shape index (κ1) is 11.8. The summed E-state index contributed by atoms with van der Waals surface area (Å²) in [5.74, 6) is 1.62. The van der Waals surface area contributed by atoms with Gasteiger partial charge in [0.2, 0.25) is 0 Å². The molecule has 4 nitrogen and oxygen atoms in total. The fourth-order valence-corrected chi connectivity index (χ4v) is 1.96. The summed E-state index contributed by atoms with van der Waals surface area (Å²) in [5.41, 5.74) is 6.91. The average molecular weight is 230 g/mol. The molecule has 0 saturated heterocycles. The highest BCUT2D eigenvalue weighted by molar-refractivity contribution is 5.32. The Bertz CT molecular complexity index is 461. The van der Waals surface area contributed by atoms with Gasteiger partial charge in [-0.25, -0.2) is 0 Å². The van der Waals surface area contributed by atoms with Crippen molar-refractivity contribution in [2.24, 2.45) is 11.7 Å². The maximum absolute atomic E-state index is 5.83. The second kappa shape index (κ2) is 5.10. The maximum Gasteiger partial charge on any atom is 0.142 e. The van der Waals surface area contributed by atoms with E-state index in [1.165, 1.54) is 0 Å². The molecule has 2 aromatic rings. The number of nitrogens with two attached hydrogens (primary N) is 1. The van der Waals surface area contributed by atoms with Crippen molar-refractivity contribution < 1.29 is 0 Å². The lowest BCUT2D eigenvalue weighted by atomic mass is 9.95. The first-order valence-electron chi connectivity index (χ1n) is 5.89. The van der Waals surface area contributed by atoms with E-state index in [0.29, 0.717) is 12.5 Å². The summed E-state index contributed by atoms with van der Waals surface area (Å²) in [6, 6.07) is 10.1. The lowest BCUT2D eigenvalue weighted by Gasteiger charge is -2.18. The molecule has 0 amide bonds. The monoisotopic (exact) mass is 230 g/mol. The van der Waals surface area contributed by atoms with Crippen molar-refractivity contribution in [3.63, 3.8) is 0 Å². The number of nitrogens with zero attached hydrogens (tertiary/aromatic N) is 3. The third kappa shape index (κ3) is 2.36. The predicted molar refractivity (Wildman–Crippen MR) is 68.0 cm³/mol. The minimum absolute atomic E-state index is 0.234. The highest BCUT2D eigenvalue weighted by Crippen LogP contribution is 2.23. The molecule has 2 N–H and O–H groups in total. The third-order valence-corrected chi connectivity index (χ3v) is 3.00. The third-order valence-electron chi connectivity index (χ3n) is 3.00. The molecule has 1 aromatic carbocycles. The van der Waals surface area contributed by atoms with Gasteiger partial charge in [0, 0.05) is 18.2 Å². The second-order valence-electron chi connectivity index (χ2n) is 4.48. The summed E-state index contributed by atoms with van der Waals surface area (Å²) < 4.78 is 2.01. The first-order chi connectivity index (χ1) is 8.24. The van der Waals surface area contributed by atoms with Gasteiger partial charge in [0.25, 0.3) is 0 Å². The molecule has 0 fully saturated rings. The van der Waals surface area contributed by atoms with Crippen LogP contribution < -0.4 is 5.73 Å². The fourth-order valence-electron chi connectivity index (χ4n) is 1.96. The molecule has 1 atom stereocenters. The number of aromatic nitrogens is 3. The number of benzene rings is 1. The van der Waals surface area contributed by atoms with Crippen molar-refractivity contribution >= 4 is 0 Å². The van der Waals surface area contributed by atoms with E-state index in [2.05, 4.69) is 24.0 Å². The second-order valence-corrected chi connectivity index (χ2v) is 4.48. The normalized spacial score (nSPS) is 12.9. The van der Waals surface area contributed by atoms with Gasteiger partial charge in [-0.2, -0.15) is 0 Å². The molecule has 0 spiro atoms. The fraction of sp³-hybridized carbons (Fsp3) is 0.385. The Labute approximate surface area is 101 Å². The smallest absolute Gasteiger partial charge is 0.142 e. The van der Waals surface area contributed by atoms with Crippen LogP contribution >= 0.6 is 0 Å². The summed E-state index contributed by atoms with van der Waals surface area (Å²) >= 11 is 0. The molecule has 4 heteroatoms. The van der Waals surface area contributed by atoms with Gasteiger partial charge in [-0.15, -0.1) is 10.2 Å². The van der Waals surface area contributed by atoms with E-state index in [9.17, 15) is 0 Å². The van der Waals surface area contributed by atoms with E-state index in [-0.39, 0.29) is 5.92 Å². The highest BCUT2D eigenvalue weighted by Gasteiger charge is 2.20. The first-order valence-corrected chi connectivity index (χ1v) is 5.89. The SMILES string of the molecule is CC(C)C(CN)c1nncn1-c1ccccc1. The van der Waals surface area contributed by atoms with E-state index in [4.69, 9.17) is 5.73 Å². The molecule has 90 valence electrons. The van der Waals surface area contributed by atoms with Gasteiger partial charge >= 0.3 is 0 Å². The summed E-state index contributed by atoms with van der Waals surface area (Å²) in [7, 11) is 0. The van der Waals surface area contributed by atoms with E-state index in [1.54, 1.807) is 6.33 Å². The van der Waals surface area contributed by atoms with Crippen LogP contribution in [0.3, 0.4) is 0 Å². The molecule has 0 radical (unpaired) electrons. The molecule has 0 saturated carbocycles. The van der Waals surface area contributed by atoms with E-state index in [1.807, 2.05) is 34.9 Å². The molecule has 0 aliphatic heterocycles. The standard InChI is InChI=1S/C13H18N4/c1-10(2)12(8-14)13-16-15-9-17(13)11-6-4-3-5-7-11/h3-7,9-10,12H,8,14H2,1-2H3. The Morgan fingerprint density at radius 2 is 1.94 bits per heavy atom. The molecule has 1 heterocycles. The van der Waals surface area contributed by atoms with Gasteiger partial charge < -0.3 is 5.73 Å². The topological polar surface area (TPSA) is 56.7 Å². The number of rotatable bonds is 4. The van der Waals surface area contributed by atoms with Crippen molar-refractivity contribution in [2.75, 3.05) is 6.54 Å². The van der Waals surface area contributed by atoms with Crippen molar-refractivity contribution in [3.8, 4) is 5.69 Å². The van der Waals surface area contributed by atoms with Crippen LogP contribution in [0.5, 0.6) is 0 Å². The van der Waals surface area contributed by atoms with Gasteiger partial charge in [0.1, 0.15) is 12.2 Å². The van der Waals surface area contributed by atoms with Crippen molar-refractivity contribution in [1.82, 2.24) is 14.8 Å². The van der Waals surface area contributed by atoms with E-state index in [0.717, 1.165) is 11.5 Å². The Kier molecular flexibility index (Phi) is 3.54. The van der Waals surface area contributed by atoms with Gasteiger partial charge in [-0.05, 0) is 18.1 Å². The Balaban J connectivity index is 2.41. The van der Waals surface area contributed by atoms with Gasteiger partial charge in [-0.1, -0.05) is 32.0 Å². The number of hydrogen-bond acceptors (Lipinski definition) is 3.